The van der Waals surface area contributed by atoms with Gasteiger partial charge in [0.25, 0.3) is 0 Å². The van der Waals surface area contributed by atoms with E-state index in [-0.39, 0.29) is 5.78 Å². The summed E-state index contributed by atoms with van der Waals surface area (Å²) in [5.74, 6) is 0.196. The van der Waals surface area contributed by atoms with E-state index in [1.54, 1.807) is 0 Å². The van der Waals surface area contributed by atoms with Crippen LogP contribution in [-0.4, -0.2) is 5.78 Å². The second-order valence-electron chi connectivity index (χ2n) is 4.89. The Balaban J connectivity index is 0.000000581. The first kappa shape index (κ1) is 12.9. The van der Waals surface area contributed by atoms with Crippen LogP contribution < -0.4 is 0 Å². The summed E-state index contributed by atoms with van der Waals surface area (Å²) in [7, 11) is 0. The van der Waals surface area contributed by atoms with Gasteiger partial charge in [-0.25, -0.2) is 0 Å². The van der Waals surface area contributed by atoms with E-state index in [9.17, 15) is 4.79 Å². The van der Waals surface area contributed by atoms with E-state index < -0.39 is 0 Å². The van der Waals surface area contributed by atoms with Crippen molar-refractivity contribution in [1.29, 1.82) is 0 Å². The number of carbonyl (C=O) groups is 1. The van der Waals surface area contributed by atoms with E-state index in [1.807, 2.05) is 32.0 Å². The van der Waals surface area contributed by atoms with Crippen LogP contribution in [0.25, 0.3) is 16.3 Å². The van der Waals surface area contributed by atoms with Gasteiger partial charge in [-0.3, -0.25) is 4.79 Å². The quantitative estimate of drug-likeness (QED) is 0.640. The number of hydrogen-bond acceptors (Lipinski definition) is 1. The molecule has 0 bridgehead atoms. The van der Waals surface area contributed by atoms with Crippen LogP contribution in [0.4, 0.5) is 0 Å². The number of Topliss-reactive ketones (excluding diaryl/α,β-unsaturated/α-hetero) is 1. The molecule has 0 aromatic heterocycles. The summed E-state index contributed by atoms with van der Waals surface area (Å²) in [5, 5.41) is 2.35. The molecule has 0 saturated heterocycles. The minimum atomic E-state index is 0.196. The molecule has 2 aromatic rings. The van der Waals surface area contributed by atoms with Gasteiger partial charge in [-0.1, -0.05) is 50.3 Å². The number of carbonyl (C=O) groups excluding carboxylic acids is 1. The highest BCUT2D eigenvalue weighted by atomic mass is 16.1. The molecule has 0 saturated carbocycles. The van der Waals surface area contributed by atoms with Crippen molar-refractivity contribution in [3.63, 3.8) is 0 Å². The molecule has 2 aliphatic carbocycles. The Hall–Kier alpha value is -2.15. The SMILES string of the molecule is CC.O=C1C2=CCCC=C2c2cc3ccccc3cc21. The van der Waals surface area contributed by atoms with E-state index in [2.05, 4.69) is 30.4 Å². The van der Waals surface area contributed by atoms with Crippen molar-refractivity contribution in [3.8, 4) is 0 Å². The monoisotopic (exact) mass is 262 g/mol. The number of fused-ring (bicyclic) bond motifs is 4. The molecule has 0 heterocycles. The number of rotatable bonds is 0. The van der Waals surface area contributed by atoms with Crippen LogP contribution in [0, 0.1) is 0 Å². The molecule has 100 valence electrons. The van der Waals surface area contributed by atoms with Crippen molar-refractivity contribution in [2.24, 2.45) is 0 Å². The highest BCUT2D eigenvalue weighted by Gasteiger charge is 2.30. The predicted molar refractivity (Wildman–Crippen MR) is 84.9 cm³/mol. The molecule has 2 aromatic carbocycles. The first-order valence-corrected chi connectivity index (χ1v) is 7.33. The van der Waals surface area contributed by atoms with Gasteiger partial charge in [-0.05, 0) is 46.9 Å². The fourth-order valence-electron chi connectivity index (χ4n) is 2.94. The molecule has 2 aliphatic rings. The molecule has 1 nitrogen and oxygen atoms in total. The smallest absolute Gasteiger partial charge is 0.193 e. The van der Waals surface area contributed by atoms with Gasteiger partial charge in [0, 0.05) is 11.1 Å². The lowest BCUT2D eigenvalue weighted by Crippen LogP contribution is -1.96. The predicted octanol–water partition coefficient (Wildman–Crippen LogP) is 5.17. The van der Waals surface area contributed by atoms with Gasteiger partial charge in [0.2, 0.25) is 0 Å². The van der Waals surface area contributed by atoms with Crippen LogP contribution in [0.1, 0.15) is 42.6 Å². The summed E-state index contributed by atoms with van der Waals surface area (Å²) in [6, 6.07) is 12.4. The van der Waals surface area contributed by atoms with Crippen LogP contribution in [0.2, 0.25) is 0 Å². The number of hydrogen-bond donors (Lipinski definition) is 0. The van der Waals surface area contributed by atoms with Gasteiger partial charge in [-0.2, -0.15) is 0 Å². The largest absolute Gasteiger partial charge is 0.289 e. The number of benzene rings is 2. The van der Waals surface area contributed by atoms with E-state index in [0.29, 0.717) is 0 Å². The van der Waals surface area contributed by atoms with Crippen LogP contribution >= 0.6 is 0 Å². The van der Waals surface area contributed by atoms with Crippen molar-refractivity contribution in [2.45, 2.75) is 26.7 Å². The van der Waals surface area contributed by atoms with Crippen molar-refractivity contribution < 1.29 is 4.79 Å². The first-order valence-electron chi connectivity index (χ1n) is 7.33. The van der Waals surface area contributed by atoms with Gasteiger partial charge >= 0.3 is 0 Å². The molecule has 0 fully saturated rings. The third-order valence-electron chi connectivity index (χ3n) is 3.82. The third-order valence-corrected chi connectivity index (χ3v) is 3.82. The van der Waals surface area contributed by atoms with Crippen molar-refractivity contribution in [2.75, 3.05) is 0 Å². The molecule has 0 radical (unpaired) electrons. The zero-order valence-corrected chi connectivity index (χ0v) is 11.9. The molecule has 4 rings (SSSR count). The summed E-state index contributed by atoms with van der Waals surface area (Å²) in [4.78, 5) is 12.4. The van der Waals surface area contributed by atoms with Gasteiger partial charge in [0.05, 0.1) is 0 Å². The normalized spacial score (nSPS) is 15.8. The summed E-state index contributed by atoms with van der Waals surface area (Å²) < 4.78 is 0. The maximum absolute atomic E-state index is 12.4. The number of ketones is 1. The highest BCUT2D eigenvalue weighted by Crippen LogP contribution is 2.41. The molecule has 0 N–H and O–H groups in total. The molecule has 1 heteroatoms. The Bertz CT molecular complexity index is 747. The third kappa shape index (κ3) is 1.82. The lowest BCUT2D eigenvalue weighted by atomic mass is 9.97. The van der Waals surface area contributed by atoms with E-state index in [0.717, 1.165) is 40.5 Å². The van der Waals surface area contributed by atoms with Crippen LogP contribution in [0.5, 0.6) is 0 Å². The van der Waals surface area contributed by atoms with Crippen molar-refractivity contribution in [1.82, 2.24) is 0 Å². The molecular formula is C19H18O. The lowest BCUT2D eigenvalue weighted by Gasteiger charge is -2.07. The Morgan fingerprint density at radius 2 is 1.35 bits per heavy atom. The Kier molecular flexibility index (Phi) is 3.27. The maximum Gasteiger partial charge on any atom is 0.193 e. The zero-order valence-electron chi connectivity index (χ0n) is 11.9. The fraction of sp³-hybridized carbons (Fsp3) is 0.211. The summed E-state index contributed by atoms with van der Waals surface area (Å²) in [6.45, 7) is 4.00. The summed E-state index contributed by atoms with van der Waals surface area (Å²) in [6.07, 6.45) is 6.31. The molecule has 0 spiro atoms. The molecule has 20 heavy (non-hydrogen) atoms. The lowest BCUT2D eigenvalue weighted by molar-refractivity contribution is 0.104. The van der Waals surface area contributed by atoms with Crippen molar-refractivity contribution in [3.05, 3.63) is 65.3 Å². The highest BCUT2D eigenvalue weighted by molar-refractivity contribution is 6.28. The molecule has 0 aliphatic heterocycles. The van der Waals surface area contributed by atoms with Crippen molar-refractivity contribution >= 4 is 22.1 Å². The molecule has 0 amide bonds. The Morgan fingerprint density at radius 3 is 2.00 bits per heavy atom. The van der Waals surface area contributed by atoms with E-state index in [4.69, 9.17) is 0 Å². The topological polar surface area (TPSA) is 17.1 Å². The summed E-state index contributed by atoms with van der Waals surface area (Å²) >= 11 is 0. The minimum absolute atomic E-state index is 0.196. The first-order chi connectivity index (χ1) is 9.84. The number of allylic oxidation sites excluding steroid dienone is 4. The second kappa shape index (κ2) is 5.09. The molecule has 0 unspecified atom stereocenters. The average molecular weight is 262 g/mol. The summed E-state index contributed by atoms with van der Waals surface area (Å²) in [5.41, 5.74) is 4.04. The second-order valence-corrected chi connectivity index (χ2v) is 4.89. The van der Waals surface area contributed by atoms with E-state index in [1.165, 1.54) is 5.39 Å². The Morgan fingerprint density at radius 1 is 0.800 bits per heavy atom. The molecular weight excluding hydrogens is 244 g/mol. The van der Waals surface area contributed by atoms with Gasteiger partial charge in [-0.15, -0.1) is 0 Å². The Labute approximate surface area is 119 Å². The van der Waals surface area contributed by atoms with Crippen LogP contribution in [-0.2, 0) is 0 Å². The standard InChI is InChI=1S/C17H12O.C2H6/c18-17-14-8-4-3-7-13(14)15-9-11-5-1-2-6-12(11)10-16(15)17;1-2/h1-2,5-10H,3-4H2;1-2H3. The maximum atomic E-state index is 12.4. The van der Waals surface area contributed by atoms with Crippen LogP contribution in [0.15, 0.2) is 54.1 Å². The van der Waals surface area contributed by atoms with Gasteiger partial charge in [0.1, 0.15) is 0 Å². The van der Waals surface area contributed by atoms with E-state index >= 15 is 0 Å². The van der Waals surface area contributed by atoms with Gasteiger partial charge in [0.15, 0.2) is 5.78 Å². The minimum Gasteiger partial charge on any atom is -0.289 e. The average Bonchev–Trinajstić information content (AvgIpc) is 2.81. The van der Waals surface area contributed by atoms with Gasteiger partial charge < -0.3 is 0 Å². The van der Waals surface area contributed by atoms with Crippen LogP contribution in [0.3, 0.4) is 0 Å². The fourth-order valence-corrected chi connectivity index (χ4v) is 2.94. The zero-order chi connectivity index (χ0) is 14.1. The molecule has 0 atom stereocenters.